The van der Waals surface area contributed by atoms with Crippen LogP contribution in [0.25, 0.3) is 27.7 Å². The van der Waals surface area contributed by atoms with Crippen LogP contribution < -0.4 is 10.6 Å². The van der Waals surface area contributed by atoms with Crippen molar-refractivity contribution in [3.8, 4) is 11.1 Å². The number of nitrogen functional groups attached to an aromatic ring is 1. The van der Waals surface area contributed by atoms with E-state index in [2.05, 4.69) is 21.0 Å². The molecular formula is C21H20N6O2. The number of carboxylic acid groups (broad SMARTS) is 1. The standard InChI is InChI=1S/C21H20N6O2/c22-18-10-19(26-7-5-13(6-8-26)21(28)29)25-20-16(12-24-27(18)20)15-9-14-3-1-2-4-17(14)23-11-15/h1-4,9-13H,5-8,22H2,(H,28,29). The second kappa shape index (κ2) is 6.73. The van der Waals surface area contributed by atoms with Crippen molar-refractivity contribution in [2.75, 3.05) is 23.7 Å². The third kappa shape index (κ3) is 3.02. The maximum absolute atomic E-state index is 11.2. The van der Waals surface area contributed by atoms with E-state index in [1.54, 1.807) is 16.8 Å². The molecule has 1 saturated heterocycles. The minimum absolute atomic E-state index is 0.290. The lowest BCUT2D eigenvalue weighted by molar-refractivity contribution is -0.142. The van der Waals surface area contributed by atoms with Crippen molar-refractivity contribution in [1.82, 2.24) is 19.6 Å². The molecule has 0 unspecified atom stereocenters. The van der Waals surface area contributed by atoms with E-state index < -0.39 is 5.97 Å². The summed E-state index contributed by atoms with van der Waals surface area (Å²) < 4.78 is 1.62. The molecule has 3 aromatic heterocycles. The van der Waals surface area contributed by atoms with Crippen molar-refractivity contribution in [1.29, 1.82) is 0 Å². The van der Waals surface area contributed by atoms with E-state index in [0.717, 1.165) is 27.8 Å². The van der Waals surface area contributed by atoms with Crippen LogP contribution in [0.1, 0.15) is 12.8 Å². The van der Waals surface area contributed by atoms with Gasteiger partial charge in [0.25, 0.3) is 0 Å². The van der Waals surface area contributed by atoms with Gasteiger partial charge in [0.2, 0.25) is 0 Å². The number of hydrogen-bond acceptors (Lipinski definition) is 6. The molecule has 1 aromatic carbocycles. The van der Waals surface area contributed by atoms with Gasteiger partial charge in [-0.2, -0.15) is 9.61 Å². The molecule has 0 aliphatic carbocycles. The van der Waals surface area contributed by atoms with Gasteiger partial charge in [0, 0.05) is 41.9 Å². The molecule has 4 aromatic rings. The molecular weight excluding hydrogens is 368 g/mol. The summed E-state index contributed by atoms with van der Waals surface area (Å²) in [6, 6.07) is 11.8. The number of rotatable bonds is 3. The summed E-state index contributed by atoms with van der Waals surface area (Å²) in [4.78, 5) is 22.7. The summed E-state index contributed by atoms with van der Waals surface area (Å²) in [5, 5.41) is 14.7. The molecule has 0 spiro atoms. The number of benzene rings is 1. The molecule has 8 heteroatoms. The van der Waals surface area contributed by atoms with Crippen LogP contribution in [-0.2, 0) is 4.79 Å². The lowest BCUT2D eigenvalue weighted by atomic mass is 9.97. The Balaban J connectivity index is 1.55. The average Bonchev–Trinajstić information content (AvgIpc) is 3.18. The van der Waals surface area contributed by atoms with E-state index in [-0.39, 0.29) is 5.92 Å². The van der Waals surface area contributed by atoms with Crippen LogP contribution in [-0.4, -0.2) is 43.7 Å². The number of pyridine rings is 1. The Morgan fingerprint density at radius 2 is 1.93 bits per heavy atom. The van der Waals surface area contributed by atoms with E-state index in [9.17, 15) is 9.90 Å². The number of carboxylic acids is 1. The molecule has 1 aliphatic heterocycles. The summed E-state index contributed by atoms with van der Waals surface area (Å²) in [7, 11) is 0. The number of anilines is 2. The first kappa shape index (κ1) is 17.4. The average molecular weight is 388 g/mol. The third-order valence-electron chi connectivity index (χ3n) is 5.56. The molecule has 0 amide bonds. The SMILES string of the molecule is Nc1cc(N2CCC(C(=O)O)CC2)nc2c(-c3cnc4ccccc4c3)cnn12. The molecule has 0 saturated carbocycles. The van der Waals surface area contributed by atoms with Crippen molar-refractivity contribution in [2.24, 2.45) is 5.92 Å². The Hall–Kier alpha value is -3.68. The number of hydrogen-bond donors (Lipinski definition) is 2. The Morgan fingerprint density at radius 1 is 1.14 bits per heavy atom. The summed E-state index contributed by atoms with van der Waals surface area (Å²) >= 11 is 0. The molecule has 0 radical (unpaired) electrons. The van der Waals surface area contributed by atoms with Crippen LogP contribution in [0.15, 0.2) is 48.8 Å². The van der Waals surface area contributed by atoms with E-state index >= 15 is 0 Å². The fourth-order valence-corrected chi connectivity index (χ4v) is 3.91. The number of para-hydroxylation sites is 1. The first-order chi connectivity index (χ1) is 14.1. The Kier molecular flexibility index (Phi) is 4.04. The zero-order chi connectivity index (χ0) is 20.0. The van der Waals surface area contributed by atoms with Crippen LogP contribution >= 0.6 is 0 Å². The maximum atomic E-state index is 11.2. The highest BCUT2D eigenvalue weighted by Crippen LogP contribution is 2.30. The van der Waals surface area contributed by atoms with E-state index in [1.807, 2.05) is 30.5 Å². The zero-order valence-corrected chi connectivity index (χ0v) is 15.7. The number of piperidine rings is 1. The molecule has 146 valence electrons. The van der Waals surface area contributed by atoms with Crippen LogP contribution in [0.4, 0.5) is 11.6 Å². The fourth-order valence-electron chi connectivity index (χ4n) is 3.91. The summed E-state index contributed by atoms with van der Waals surface area (Å²) in [6.45, 7) is 1.28. The molecule has 1 fully saturated rings. The molecule has 0 bridgehead atoms. The van der Waals surface area contributed by atoms with E-state index in [0.29, 0.717) is 37.4 Å². The van der Waals surface area contributed by atoms with Crippen molar-refractivity contribution in [2.45, 2.75) is 12.8 Å². The zero-order valence-electron chi connectivity index (χ0n) is 15.7. The van der Waals surface area contributed by atoms with Crippen molar-refractivity contribution >= 4 is 34.2 Å². The quantitative estimate of drug-likeness (QED) is 0.555. The molecule has 8 nitrogen and oxygen atoms in total. The van der Waals surface area contributed by atoms with Crippen LogP contribution in [0.5, 0.6) is 0 Å². The normalized spacial score (nSPS) is 15.2. The lowest BCUT2D eigenvalue weighted by Gasteiger charge is -2.31. The fraction of sp³-hybridized carbons (Fsp3) is 0.238. The van der Waals surface area contributed by atoms with E-state index in [4.69, 9.17) is 10.7 Å². The van der Waals surface area contributed by atoms with Gasteiger partial charge >= 0.3 is 5.97 Å². The van der Waals surface area contributed by atoms with Gasteiger partial charge in [-0.15, -0.1) is 0 Å². The molecule has 4 heterocycles. The third-order valence-corrected chi connectivity index (χ3v) is 5.56. The van der Waals surface area contributed by atoms with Crippen LogP contribution in [0.2, 0.25) is 0 Å². The highest BCUT2D eigenvalue weighted by molar-refractivity contribution is 5.87. The second-order valence-corrected chi connectivity index (χ2v) is 7.35. The van der Waals surface area contributed by atoms with Gasteiger partial charge in [-0.25, -0.2) is 4.98 Å². The second-order valence-electron chi connectivity index (χ2n) is 7.35. The van der Waals surface area contributed by atoms with Gasteiger partial charge in [0.05, 0.1) is 17.6 Å². The number of carbonyl (C=O) groups is 1. The molecule has 0 atom stereocenters. The predicted octanol–water partition coefficient (Wildman–Crippen LogP) is 2.83. The molecule has 5 rings (SSSR count). The van der Waals surface area contributed by atoms with Gasteiger partial charge in [0.15, 0.2) is 5.65 Å². The van der Waals surface area contributed by atoms with Gasteiger partial charge < -0.3 is 15.7 Å². The van der Waals surface area contributed by atoms with Crippen LogP contribution in [0, 0.1) is 5.92 Å². The van der Waals surface area contributed by atoms with Gasteiger partial charge in [-0.05, 0) is 25.0 Å². The van der Waals surface area contributed by atoms with Gasteiger partial charge in [0.1, 0.15) is 11.6 Å². The largest absolute Gasteiger partial charge is 0.481 e. The molecule has 29 heavy (non-hydrogen) atoms. The molecule has 3 N–H and O–H groups in total. The van der Waals surface area contributed by atoms with Crippen molar-refractivity contribution in [3.63, 3.8) is 0 Å². The number of nitrogens with zero attached hydrogens (tertiary/aromatic N) is 5. The van der Waals surface area contributed by atoms with Crippen molar-refractivity contribution in [3.05, 3.63) is 48.8 Å². The number of nitrogens with two attached hydrogens (primary N) is 1. The van der Waals surface area contributed by atoms with Crippen molar-refractivity contribution < 1.29 is 9.90 Å². The predicted molar refractivity (Wildman–Crippen MR) is 111 cm³/mol. The highest BCUT2D eigenvalue weighted by Gasteiger charge is 2.26. The molecule has 1 aliphatic rings. The number of fused-ring (bicyclic) bond motifs is 2. The van der Waals surface area contributed by atoms with Crippen LogP contribution in [0.3, 0.4) is 0 Å². The first-order valence-electron chi connectivity index (χ1n) is 9.57. The Morgan fingerprint density at radius 3 is 2.72 bits per heavy atom. The van der Waals surface area contributed by atoms with E-state index in [1.165, 1.54) is 0 Å². The van der Waals surface area contributed by atoms with Gasteiger partial charge in [-0.3, -0.25) is 9.78 Å². The summed E-state index contributed by atoms with van der Waals surface area (Å²) in [5.41, 5.74) is 9.62. The minimum Gasteiger partial charge on any atom is -0.481 e. The summed E-state index contributed by atoms with van der Waals surface area (Å²) in [5.74, 6) is 0.218. The first-order valence-corrected chi connectivity index (χ1v) is 9.57. The number of aliphatic carboxylic acids is 1. The van der Waals surface area contributed by atoms with Gasteiger partial charge in [-0.1, -0.05) is 18.2 Å². The highest BCUT2D eigenvalue weighted by atomic mass is 16.4. The summed E-state index contributed by atoms with van der Waals surface area (Å²) in [6.07, 6.45) is 4.78. The monoisotopic (exact) mass is 388 g/mol. The maximum Gasteiger partial charge on any atom is 0.306 e. The Labute approximate surface area is 166 Å². The minimum atomic E-state index is -0.727. The topological polar surface area (TPSA) is 110 Å². The lowest BCUT2D eigenvalue weighted by Crippen LogP contribution is -2.36. The Bertz CT molecular complexity index is 1230. The number of aromatic nitrogens is 4. The smallest absolute Gasteiger partial charge is 0.306 e.